The van der Waals surface area contributed by atoms with Gasteiger partial charge in [-0.3, -0.25) is 9.69 Å². The number of hydrogen-bond acceptors (Lipinski definition) is 2. The lowest BCUT2D eigenvalue weighted by atomic mass is 10.1. The summed E-state index contributed by atoms with van der Waals surface area (Å²) < 4.78 is 1.14. The molecule has 0 bridgehead atoms. The van der Waals surface area contributed by atoms with Crippen molar-refractivity contribution >= 4 is 21.7 Å². The quantitative estimate of drug-likeness (QED) is 0.819. The molecule has 0 N–H and O–H groups in total. The van der Waals surface area contributed by atoms with Gasteiger partial charge in [0, 0.05) is 11.0 Å². The van der Waals surface area contributed by atoms with Gasteiger partial charge in [0.25, 0.3) is 0 Å². The second-order valence-electron chi connectivity index (χ2n) is 3.78. The molecule has 0 atom stereocenters. The fourth-order valence-electron chi connectivity index (χ4n) is 1.47. The number of rotatable bonds is 5. The highest BCUT2D eigenvalue weighted by Crippen LogP contribution is 2.16. The summed E-state index contributed by atoms with van der Waals surface area (Å²) in [6, 6.07) is 8.18. The van der Waals surface area contributed by atoms with Crippen molar-refractivity contribution in [2.75, 3.05) is 20.1 Å². The summed E-state index contributed by atoms with van der Waals surface area (Å²) in [5.41, 5.74) is 1.29. The molecule has 0 heterocycles. The Morgan fingerprint density at radius 1 is 1.40 bits per heavy atom. The minimum Gasteiger partial charge on any atom is -0.299 e. The smallest absolute Gasteiger partial charge is 0.143 e. The normalized spacial score (nSPS) is 10.7. The van der Waals surface area contributed by atoms with E-state index in [1.807, 2.05) is 30.1 Å². The summed E-state index contributed by atoms with van der Waals surface area (Å²) in [5, 5.41) is 0. The number of nitrogens with zero attached hydrogens (tertiary/aromatic N) is 1. The molecule has 0 aliphatic carbocycles. The number of Topliss-reactive ketones (excluding diaryl/α,β-unsaturated/α-hetero) is 1. The highest BCUT2D eigenvalue weighted by molar-refractivity contribution is 9.10. The predicted octanol–water partition coefficient (Wildman–Crippen LogP) is 2.51. The third kappa shape index (κ3) is 4.58. The van der Waals surface area contributed by atoms with Crippen LogP contribution in [0.4, 0.5) is 0 Å². The first-order valence-electron chi connectivity index (χ1n) is 5.01. The molecule has 0 saturated carbocycles. The molecule has 2 nitrogen and oxygen atoms in total. The van der Waals surface area contributed by atoms with E-state index in [2.05, 4.69) is 22.0 Å². The molecule has 0 spiro atoms. The molecule has 0 unspecified atom stereocenters. The molecule has 15 heavy (non-hydrogen) atoms. The maximum atomic E-state index is 10.9. The van der Waals surface area contributed by atoms with Gasteiger partial charge >= 0.3 is 0 Å². The lowest BCUT2D eigenvalue weighted by molar-refractivity contribution is -0.117. The standard InChI is InChI=1S/C12H16BrNO/c1-10(15)9-14(2)8-7-11-5-3-4-6-12(11)13/h3-6H,7-9H2,1-2H3. The van der Waals surface area contributed by atoms with Crippen molar-refractivity contribution in [2.45, 2.75) is 13.3 Å². The molecule has 0 fully saturated rings. The van der Waals surface area contributed by atoms with Gasteiger partial charge in [-0.1, -0.05) is 34.1 Å². The van der Waals surface area contributed by atoms with Gasteiger partial charge in [-0.05, 0) is 32.0 Å². The molecule has 0 aromatic heterocycles. The van der Waals surface area contributed by atoms with Gasteiger partial charge < -0.3 is 0 Å². The lowest BCUT2D eigenvalue weighted by Crippen LogP contribution is -2.26. The number of carbonyl (C=O) groups excluding carboxylic acids is 1. The number of halogens is 1. The molecule has 0 radical (unpaired) electrons. The van der Waals surface area contributed by atoms with Crippen LogP contribution in [0, 0.1) is 0 Å². The number of hydrogen-bond donors (Lipinski definition) is 0. The Balaban J connectivity index is 2.43. The van der Waals surface area contributed by atoms with Crippen molar-refractivity contribution in [3.63, 3.8) is 0 Å². The van der Waals surface area contributed by atoms with E-state index >= 15 is 0 Å². The Bertz CT molecular complexity index is 338. The van der Waals surface area contributed by atoms with E-state index in [-0.39, 0.29) is 5.78 Å². The average Bonchev–Trinajstić information content (AvgIpc) is 2.15. The Morgan fingerprint density at radius 2 is 2.07 bits per heavy atom. The molecule has 0 amide bonds. The molecule has 0 aliphatic heterocycles. The first-order chi connectivity index (χ1) is 7.09. The van der Waals surface area contributed by atoms with E-state index in [1.54, 1.807) is 6.92 Å². The van der Waals surface area contributed by atoms with E-state index < -0.39 is 0 Å². The first kappa shape index (κ1) is 12.4. The van der Waals surface area contributed by atoms with E-state index in [1.165, 1.54) is 5.56 Å². The molecule has 1 rings (SSSR count). The highest BCUT2D eigenvalue weighted by atomic mass is 79.9. The third-order valence-electron chi connectivity index (χ3n) is 2.21. The first-order valence-corrected chi connectivity index (χ1v) is 5.80. The summed E-state index contributed by atoms with van der Waals surface area (Å²) in [6.07, 6.45) is 0.963. The number of benzene rings is 1. The van der Waals surface area contributed by atoms with Crippen LogP contribution in [0.3, 0.4) is 0 Å². The summed E-state index contributed by atoms with van der Waals surface area (Å²) in [7, 11) is 1.97. The van der Waals surface area contributed by atoms with Crippen LogP contribution in [0.1, 0.15) is 12.5 Å². The predicted molar refractivity (Wildman–Crippen MR) is 66.0 cm³/mol. The molecule has 0 saturated heterocycles. The minimum atomic E-state index is 0.213. The van der Waals surface area contributed by atoms with Crippen LogP contribution >= 0.6 is 15.9 Å². The fraction of sp³-hybridized carbons (Fsp3) is 0.417. The maximum absolute atomic E-state index is 10.9. The molecule has 82 valence electrons. The second-order valence-corrected chi connectivity index (χ2v) is 4.64. The molecule has 3 heteroatoms. The van der Waals surface area contributed by atoms with Gasteiger partial charge in [0.05, 0.1) is 6.54 Å². The van der Waals surface area contributed by atoms with E-state index in [0.29, 0.717) is 6.54 Å². The molecular formula is C12H16BrNO. The van der Waals surface area contributed by atoms with Gasteiger partial charge in [0.15, 0.2) is 0 Å². The van der Waals surface area contributed by atoms with Crippen molar-refractivity contribution in [1.29, 1.82) is 0 Å². The van der Waals surface area contributed by atoms with Gasteiger partial charge in [0.2, 0.25) is 0 Å². The van der Waals surface area contributed by atoms with Crippen molar-refractivity contribution in [1.82, 2.24) is 4.90 Å². The maximum Gasteiger partial charge on any atom is 0.143 e. The van der Waals surface area contributed by atoms with Crippen LogP contribution in [0.25, 0.3) is 0 Å². The van der Waals surface area contributed by atoms with Crippen LogP contribution in [0.15, 0.2) is 28.7 Å². The van der Waals surface area contributed by atoms with Crippen molar-refractivity contribution < 1.29 is 4.79 Å². The molecule has 1 aromatic rings. The topological polar surface area (TPSA) is 20.3 Å². The largest absolute Gasteiger partial charge is 0.299 e. The van der Waals surface area contributed by atoms with Crippen molar-refractivity contribution in [3.05, 3.63) is 34.3 Å². The third-order valence-corrected chi connectivity index (χ3v) is 2.99. The molecular weight excluding hydrogens is 254 g/mol. The van der Waals surface area contributed by atoms with Crippen LogP contribution in [-0.2, 0) is 11.2 Å². The van der Waals surface area contributed by atoms with Gasteiger partial charge in [-0.15, -0.1) is 0 Å². The summed E-state index contributed by atoms with van der Waals surface area (Å²) in [4.78, 5) is 12.9. The second kappa shape index (κ2) is 6.03. The molecule has 1 aromatic carbocycles. The highest BCUT2D eigenvalue weighted by Gasteiger charge is 2.03. The Labute approximate surface area is 99.4 Å². The van der Waals surface area contributed by atoms with Crippen molar-refractivity contribution in [3.8, 4) is 0 Å². The lowest BCUT2D eigenvalue weighted by Gasteiger charge is -2.14. The number of carbonyl (C=O) groups is 1. The van der Waals surface area contributed by atoms with E-state index in [0.717, 1.165) is 17.4 Å². The monoisotopic (exact) mass is 269 g/mol. The van der Waals surface area contributed by atoms with E-state index in [4.69, 9.17) is 0 Å². The Hall–Kier alpha value is -0.670. The average molecular weight is 270 g/mol. The van der Waals surface area contributed by atoms with Crippen LogP contribution in [0.5, 0.6) is 0 Å². The Kier molecular flexibility index (Phi) is 4.99. The van der Waals surface area contributed by atoms with Gasteiger partial charge in [-0.2, -0.15) is 0 Å². The van der Waals surface area contributed by atoms with Crippen LogP contribution in [0.2, 0.25) is 0 Å². The zero-order valence-electron chi connectivity index (χ0n) is 9.16. The van der Waals surface area contributed by atoms with Crippen LogP contribution in [-0.4, -0.2) is 30.8 Å². The summed E-state index contributed by atoms with van der Waals surface area (Å²) in [6.45, 7) is 3.06. The number of ketones is 1. The fourth-order valence-corrected chi connectivity index (χ4v) is 1.95. The SMILES string of the molecule is CC(=O)CN(C)CCc1ccccc1Br. The minimum absolute atomic E-state index is 0.213. The van der Waals surface area contributed by atoms with E-state index in [9.17, 15) is 4.79 Å². The molecule has 0 aliphatic rings. The summed E-state index contributed by atoms with van der Waals surface area (Å²) in [5.74, 6) is 0.213. The Morgan fingerprint density at radius 3 is 2.67 bits per heavy atom. The zero-order chi connectivity index (χ0) is 11.3. The van der Waals surface area contributed by atoms with Crippen molar-refractivity contribution in [2.24, 2.45) is 0 Å². The zero-order valence-corrected chi connectivity index (χ0v) is 10.8. The number of likely N-dealkylation sites (N-methyl/N-ethyl adjacent to an activating group) is 1. The van der Waals surface area contributed by atoms with Crippen LogP contribution < -0.4 is 0 Å². The van der Waals surface area contributed by atoms with Gasteiger partial charge in [0.1, 0.15) is 5.78 Å². The van der Waals surface area contributed by atoms with Gasteiger partial charge in [-0.25, -0.2) is 0 Å². The summed E-state index contributed by atoms with van der Waals surface area (Å²) >= 11 is 3.51.